The van der Waals surface area contributed by atoms with Crippen LogP contribution in [0.1, 0.15) is 29.8 Å². The first-order valence-corrected chi connectivity index (χ1v) is 9.59. The first-order chi connectivity index (χ1) is 13.3. The van der Waals surface area contributed by atoms with Crippen LogP contribution in [0.25, 0.3) is 0 Å². The number of nitrogens with one attached hydrogen (secondary N) is 1. The lowest BCUT2D eigenvalue weighted by molar-refractivity contribution is -0.118. The molecule has 0 saturated carbocycles. The standard InChI is InChI=1S/C21H23NO5S/c1-15(24)28-21(2,14-16-7-4-3-5-8-16)20(26)22-18-10-6-9-17(13-18)19(25)27-12-11-23/h3-10,13,23H,11-12,14H2,1-2H3,(H,22,26). The second-order valence-corrected chi connectivity index (χ2v) is 8.06. The topological polar surface area (TPSA) is 92.7 Å². The summed E-state index contributed by atoms with van der Waals surface area (Å²) < 4.78 is 3.87. The van der Waals surface area contributed by atoms with Crippen molar-refractivity contribution >= 4 is 34.4 Å². The predicted octanol–water partition coefficient (Wildman–Crippen LogP) is 3.06. The number of rotatable bonds is 8. The summed E-state index contributed by atoms with van der Waals surface area (Å²) in [5, 5.41) is 11.4. The molecule has 28 heavy (non-hydrogen) atoms. The fourth-order valence-corrected chi connectivity index (χ4v) is 3.69. The molecule has 1 amide bonds. The molecule has 2 aromatic rings. The lowest BCUT2D eigenvalue weighted by Crippen LogP contribution is -2.40. The maximum atomic E-state index is 13.0. The lowest BCUT2D eigenvalue weighted by Gasteiger charge is -2.27. The number of amides is 1. The molecule has 1 unspecified atom stereocenters. The Labute approximate surface area is 168 Å². The molecular formula is C21H23NO5S. The van der Waals surface area contributed by atoms with Gasteiger partial charge in [-0.05, 0) is 37.1 Å². The molecule has 0 bridgehead atoms. The smallest absolute Gasteiger partial charge is 0.338 e. The number of hydrogen-bond donors (Lipinski definition) is 2. The minimum absolute atomic E-state index is 0.0974. The van der Waals surface area contributed by atoms with E-state index in [-0.39, 0.29) is 29.8 Å². The van der Waals surface area contributed by atoms with Gasteiger partial charge < -0.3 is 15.2 Å². The van der Waals surface area contributed by atoms with Crippen molar-refractivity contribution in [1.29, 1.82) is 0 Å². The Bertz CT molecular complexity index is 840. The summed E-state index contributed by atoms with van der Waals surface area (Å²) in [7, 11) is 0. The van der Waals surface area contributed by atoms with Crippen molar-refractivity contribution in [2.75, 3.05) is 18.5 Å². The van der Waals surface area contributed by atoms with Crippen LogP contribution in [-0.4, -0.2) is 40.1 Å². The Morgan fingerprint density at radius 3 is 2.46 bits per heavy atom. The second-order valence-electron chi connectivity index (χ2n) is 6.38. The minimum atomic E-state index is -1.01. The largest absolute Gasteiger partial charge is 0.460 e. The van der Waals surface area contributed by atoms with E-state index in [2.05, 4.69) is 5.32 Å². The minimum Gasteiger partial charge on any atom is -0.460 e. The molecule has 0 aliphatic carbocycles. The van der Waals surface area contributed by atoms with Crippen LogP contribution >= 0.6 is 11.8 Å². The number of thioether (sulfide) groups is 1. The number of hydrogen-bond acceptors (Lipinski definition) is 6. The maximum Gasteiger partial charge on any atom is 0.338 e. The molecule has 0 aliphatic heterocycles. The third-order valence-corrected chi connectivity index (χ3v) is 4.98. The number of carbonyl (C=O) groups excluding carboxylic acids is 3. The predicted molar refractivity (Wildman–Crippen MR) is 109 cm³/mol. The van der Waals surface area contributed by atoms with E-state index in [4.69, 9.17) is 9.84 Å². The average molecular weight is 401 g/mol. The molecule has 2 rings (SSSR count). The normalized spacial score (nSPS) is 12.7. The van der Waals surface area contributed by atoms with Gasteiger partial charge in [0.15, 0.2) is 5.12 Å². The summed E-state index contributed by atoms with van der Waals surface area (Å²) in [6.07, 6.45) is 0.377. The number of anilines is 1. The highest BCUT2D eigenvalue weighted by Gasteiger charge is 2.36. The molecule has 0 fully saturated rings. The fourth-order valence-electron chi connectivity index (χ4n) is 2.67. The molecule has 0 saturated heterocycles. The van der Waals surface area contributed by atoms with Crippen molar-refractivity contribution in [3.05, 3.63) is 65.7 Å². The SMILES string of the molecule is CC(=O)SC(C)(Cc1ccccc1)C(=O)Nc1cccc(C(=O)OCCO)c1. The van der Waals surface area contributed by atoms with Crippen molar-refractivity contribution in [3.8, 4) is 0 Å². The van der Waals surface area contributed by atoms with Crippen LogP contribution in [0.15, 0.2) is 54.6 Å². The van der Waals surface area contributed by atoms with Crippen LogP contribution in [0, 0.1) is 0 Å². The van der Waals surface area contributed by atoms with E-state index in [1.807, 2.05) is 30.3 Å². The number of esters is 1. The third kappa shape index (κ3) is 6.21. The van der Waals surface area contributed by atoms with Crippen molar-refractivity contribution in [2.45, 2.75) is 25.0 Å². The van der Waals surface area contributed by atoms with Gasteiger partial charge in [-0.1, -0.05) is 48.2 Å². The van der Waals surface area contributed by atoms with Gasteiger partial charge in [0.05, 0.1) is 12.2 Å². The Kier molecular flexibility index (Phi) is 7.78. The van der Waals surface area contributed by atoms with E-state index >= 15 is 0 Å². The maximum absolute atomic E-state index is 13.0. The van der Waals surface area contributed by atoms with Crippen molar-refractivity contribution in [1.82, 2.24) is 0 Å². The van der Waals surface area contributed by atoms with Crippen LogP contribution in [0.4, 0.5) is 5.69 Å². The number of benzene rings is 2. The molecule has 0 spiro atoms. The van der Waals surface area contributed by atoms with Gasteiger partial charge in [-0.25, -0.2) is 4.79 Å². The van der Waals surface area contributed by atoms with Crippen LogP contribution in [0.2, 0.25) is 0 Å². The second kappa shape index (κ2) is 10.1. The number of carbonyl (C=O) groups is 3. The molecule has 148 valence electrons. The Balaban J connectivity index is 2.19. The van der Waals surface area contributed by atoms with E-state index in [1.54, 1.807) is 25.1 Å². The van der Waals surface area contributed by atoms with Crippen LogP contribution in [0.3, 0.4) is 0 Å². The zero-order valence-corrected chi connectivity index (χ0v) is 16.6. The first-order valence-electron chi connectivity index (χ1n) is 8.77. The van der Waals surface area contributed by atoms with Gasteiger partial charge in [0.1, 0.15) is 11.4 Å². The van der Waals surface area contributed by atoms with Crippen molar-refractivity contribution < 1.29 is 24.2 Å². The quantitative estimate of drug-likeness (QED) is 0.661. The van der Waals surface area contributed by atoms with Gasteiger partial charge in [-0.2, -0.15) is 0 Å². The zero-order chi connectivity index (χ0) is 20.6. The van der Waals surface area contributed by atoms with E-state index in [1.165, 1.54) is 13.0 Å². The van der Waals surface area contributed by atoms with Gasteiger partial charge in [0, 0.05) is 12.6 Å². The highest BCUT2D eigenvalue weighted by atomic mass is 32.2. The van der Waals surface area contributed by atoms with E-state index in [0.717, 1.165) is 17.3 Å². The van der Waals surface area contributed by atoms with Crippen LogP contribution in [-0.2, 0) is 20.7 Å². The van der Waals surface area contributed by atoms with E-state index < -0.39 is 10.7 Å². The van der Waals surface area contributed by atoms with Gasteiger partial charge in [-0.3, -0.25) is 9.59 Å². The Hall–Kier alpha value is -2.64. The van der Waals surface area contributed by atoms with E-state index in [9.17, 15) is 14.4 Å². The van der Waals surface area contributed by atoms with E-state index in [0.29, 0.717) is 12.1 Å². The highest BCUT2D eigenvalue weighted by Crippen LogP contribution is 2.31. The Morgan fingerprint density at radius 2 is 1.82 bits per heavy atom. The first kappa shape index (κ1) is 21.7. The monoisotopic (exact) mass is 401 g/mol. The summed E-state index contributed by atoms with van der Waals surface area (Å²) >= 11 is 0.975. The molecule has 0 heterocycles. The zero-order valence-electron chi connectivity index (χ0n) is 15.8. The summed E-state index contributed by atoms with van der Waals surface area (Å²) in [5.41, 5.74) is 1.62. The molecule has 2 N–H and O–H groups in total. The highest BCUT2D eigenvalue weighted by molar-refractivity contribution is 8.15. The summed E-state index contributed by atoms with van der Waals surface area (Å²) in [6, 6.07) is 15.8. The van der Waals surface area contributed by atoms with Crippen LogP contribution in [0.5, 0.6) is 0 Å². The summed E-state index contributed by atoms with van der Waals surface area (Å²) in [4.78, 5) is 36.7. The van der Waals surface area contributed by atoms with Crippen LogP contribution < -0.4 is 5.32 Å². The fraction of sp³-hybridized carbons (Fsp3) is 0.286. The third-order valence-electron chi connectivity index (χ3n) is 3.91. The number of aliphatic hydroxyl groups is 1. The molecule has 1 atom stereocenters. The summed E-state index contributed by atoms with van der Waals surface area (Å²) in [6.45, 7) is 2.79. The number of ether oxygens (including phenoxy) is 1. The van der Waals surface area contributed by atoms with Crippen molar-refractivity contribution in [2.24, 2.45) is 0 Å². The average Bonchev–Trinajstić information content (AvgIpc) is 2.66. The van der Waals surface area contributed by atoms with Gasteiger partial charge >= 0.3 is 5.97 Å². The van der Waals surface area contributed by atoms with Gasteiger partial charge in [-0.15, -0.1) is 0 Å². The lowest BCUT2D eigenvalue weighted by atomic mass is 9.99. The summed E-state index contributed by atoms with van der Waals surface area (Å²) in [5.74, 6) is -0.923. The molecule has 7 heteroatoms. The van der Waals surface area contributed by atoms with Gasteiger partial charge in [0.2, 0.25) is 5.91 Å². The number of aliphatic hydroxyl groups excluding tert-OH is 1. The molecular weight excluding hydrogens is 378 g/mol. The Morgan fingerprint density at radius 1 is 1.11 bits per heavy atom. The molecule has 0 radical (unpaired) electrons. The molecule has 6 nitrogen and oxygen atoms in total. The molecule has 0 aliphatic rings. The molecule has 0 aromatic heterocycles. The van der Waals surface area contributed by atoms with Crippen molar-refractivity contribution in [3.63, 3.8) is 0 Å². The van der Waals surface area contributed by atoms with Gasteiger partial charge in [0.25, 0.3) is 0 Å². The molecule has 2 aromatic carbocycles.